The van der Waals surface area contributed by atoms with Gasteiger partial charge in [-0.1, -0.05) is 12.1 Å². The Kier molecular flexibility index (Phi) is 6.88. The van der Waals surface area contributed by atoms with E-state index in [1.54, 1.807) is 0 Å². The monoisotopic (exact) mass is 474 g/mol. The molecule has 0 amide bonds. The van der Waals surface area contributed by atoms with Crippen molar-refractivity contribution >= 4 is 21.4 Å². The first-order chi connectivity index (χ1) is 14.2. The molecule has 0 spiro atoms. The molecular weight excluding hydrogens is 462 g/mol. The maximum atomic E-state index is 12.5. The van der Waals surface area contributed by atoms with Crippen LogP contribution in [0.25, 0.3) is 0 Å². The lowest BCUT2D eigenvalue weighted by Gasteiger charge is -2.15. The van der Waals surface area contributed by atoms with Crippen molar-refractivity contribution in [3.63, 3.8) is 0 Å². The number of benzene rings is 2. The number of alkyl halides is 6. The van der Waals surface area contributed by atoms with Crippen molar-refractivity contribution in [2.45, 2.75) is 17.2 Å². The third-order valence-electron chi connectivity index (χ3n) is 3.29. The highest BCUT2D eigenvalue weighted by atomic mass is 32.2. The molecule has 0 aliphatic rings. The highest BCUT2D eigenvalue weighted by molar-refractivity contribution is 7.92. The number of ether oxygens (including phenoxy) is 2. The summed E-state index contributed by atoms with van der Waals surface area (Å²) >= 11 is 0. The lowest BCUT2D eigenvalue weighted by atomic mass is 10.3. The van der Waals surface area contributed by atoms with Crippen LogP contribution >= 0.6 is 0 Å². The first-order valence-electron chi connectivity index (χ1n) is 7.97. The Labute approximate surface area is 170 Å². The molecule has 0 atom stereocenters. The summed E-state index contributed by atoms with van der Waals surface area (Å²) in [5.74, 6) is -1.31. The maximum Gasteiger partial charge on any atom is 0.422 e. The van der Waals surface area contributed by atoms with Crippen molar-refractivity contribution in [2.75, 3.05) is 17.9 Å². The summed E-state index contributed by atoms with van der Waals surface area (Å²) in [6.07, 6.45) is -9.57. The van der Waals surface area contributed by atoms with E-state index < -0.39 is 68.3 Å². The summed E-state index contributed by atoms with van der Waals surface area (Å²) < 4.78 is 110. The summed E-state index contributed by atoms with van der Waals surface area (Å²) in [4.78, 5) is 9.29. The zero-order chi connectivity index (χ0) is 23.4. The third-order valence-corrected chi connectivity index (χ3v) is 4.72. The van der Waals surface area contributed by atoms with Gasteiger partial charge in [0, 0.05) is 24.3 Å². The fraction of sp³-hybridized carbons (Fsp3) is 0.250. The molecule has 0 saturated heterocycles. The van der Waals surface area contributed by atoms with Gasteiger partial charge >= 0.3 is 12.4 Å². The van der Waals surface area contributed by atoms with Crippen LogP contribution in [0.1, 0.15) is 0 Å². The number of nitro benzene ring substituents is 1. The van der Waals surface area contributed by atoms with Gasteiger partial charge in [0.25, 0.3) is 15.7 Å². The molecule has 2 rings (SSSR count). The van der Waals surface area contributed by atoms with Crippen molar-refractivity contribution < 1.29 is 49.2 Å². The lowest BCUT2D eigenvalue weighted by Crippen LogP contribution is -2.20. The van der Waals surface area contributed by atoms with Crippen LogP contribution in [-0.4, -0.2) is 38.9 Å². The molecule has 0 unspecified atom stereocenters. The largest absolute Gasteiger partial charge is 0.484 e. The molecule has 170 valence electrons. The maximum absolute atomic E-state index is 12.5. The van der Waals surface area contributed by atoms with Crippen LogP contribution in [-0.2, 0) is 10.0 Å². The zero-order valence-corrected chi connectivity index (χ0v) is 15.8. The Morgan fingerprint density at radius 3 is 1.84 bits per heavy atom. The number of halogens is 6. The van der Waals surface area contributed by atoms with E-state index in [0.717, 1.165) is 24.3 Å². The Hall–Kier alpha value is -3.23. The van der Waals surface area contributed by atoms with Crippen molar-refractivity contribution in [3.05, 3.63) is 52.6 Å². The number of nitrogens with one attached hydrogen (secondary N) is 1. The van der Waals surface area contributed by atoms with Crippen molar-refractivity contribution in [1.29, 1.82) is 0 Å². The van der Waals surface area contributed by atoms with Gasteiger partial charge in [-0.05, 0) is 6.07 Å². The fourth-order valence-corrected chi connectivity index (χ4v) is 3.39. The van der Waals surface area contributed by atoms with E-state index in [9.17, 15) is 44.9 Å². The molecule has 2 aromatic carbocycles. The minimum atomic E-state index is -4.78. The van der Waals surface area contributed by atoms with Gasteiger partial charge < -0.3 is 9.47 Å². The van der Waals surface area contributed by atoms with E-state index in [-0.39, 0.29) is 0 Å². The summed E-state index contributed by atoms with van der Waals surface area (Å²) in [6.45, 7) is -3.63. The quantitative estimate of drug-likeness (QED) is 0.348. The van der Waals surface area contributed by atoms with Gasteiger partial charge in [0.1, 0.15) is 11.5 Å². The molecule has 15 heteroatoms. The molecule has 0 heterocycles. The Balaban J connectivity index is 2.40. The standard InChI is InChI=1S/C16H12F6N2O6S/c17-15(18,19)8-29-11-5-10(6-12(7-11)30-9-16(20,21)22)23-31(27,28)14-4-2-1-3-13(14)24(25)26/h1-7,23H,8-9H2. The van der Waals surface area contributed by atoms with E-state index in [0.29, 0.717) is 6.07 Å². The topological polar surface area (TPSA) is 108 Å². The van der Waals surface area contributed by atoms with Gasteiger partial charge in [-0.25, -0.2) is 8.42 Å². The molecule has 8 nitrogen and oxygen atoms in total. The number of para-hydroxylation sites is 1. The highest BCUT2D eigenvalue weighted by Crippen LogP contribution is 2.32. The molecule has 0 saturated carbocycles. The molecule has 0 aromatic heterocycles. The van der Waals surface area contributed by atoms with Crippen LogP contribution in [0, 0.1) is 10.1 Å². The Morgan fingerprint density at radius 2 is 1.39 bits per heavy atom. The Bertz CT molecular complexity index is 1020. The number of nitrogens with zero attached hydrogens (tertiary/aromatic N) is 1. The number of sulfonamides is 1. The van der Waals surface area contributed by atoms with E-state index in [4.69, 9.17) is 0 Å². The van der Waals surface area contributed by atoms with Crippen LogP contribution in [0.5, 0.6) is 11.5 Å². The lowest BCUT2D eigenvalue weighted by molar-refractivity contribution is -0.387. The van der Waals surface area contributed by atoms with Gasteiger partial charge in [0.2, 0.25) is 0 Å². The first-order valence-corrected chi connectivity index (χ1v) is 9.45. The highest BCUT2D eigenvalue weighted by Gasteiger charge is 2.30. The van der Waals surface area contributed by atoms with Crippen molar-refractivity contribution in [3.8, 4) is 11.5 Å². The summed E-state index contributed by atoms with van der Waals surface area (Å²) in [5.41, 5.74) is -1.34. The number of rotatable bonds is 8. The predicted molar refractivity (Wildman–Crippen MR) is 93.4 cm³/mol. The van der Waals surface area contributed by atoms with Gasteiger partial charge in [0.15, 0.2) is 18.1 Å². The molecule has 31 heavy (non-hydrogen) atoms. The van der Waals surface area contributed by atoms with Gasteiger partial charge in [-0.15, -0.1) is 0 Å². The fourth-order valence-electron chi connectivity index (χ4n) is 2.17. The van der Waals surface area contributed by atoms with Crippen molar-refractivity contribution in [2.24, 2.45) is 0 Å². The second kappa shape index (κ2) is 8.87. The van der Waals surface area contributed by atoms with Crippen molar-refractivity contribution in [1.82, 2.24) is 0 Å². The second-order valence-electron chi connectivity index (χ2n) is 5.83. The molecule has 0 fully saturated rings. The molecule has 0 aliphatic heterocycles. The number of nitro groups is 1. The average Bonchev–Trinajstić information content (AvgIpc) is 2.63. The van der Waals surface area contributed by atoms with Crippen LogP contribution in [0.3, 0.4) is 0 Å². The van der Waals surface area contributed by atoms with Gasteiger partial charge in [-0.3, -0.25) is 14.8 Å². The Morgan fingerprint density at radius 1 is 0.903 bits per heavy atom. The second-order valence-corrected chi connectivity index (χ2v) is 7.48. The summed E-state index contributed by atoms with van der Waals surface area (Å²) in [5, 5.41) is 11.0. The molecule has 0 bridgehead atoms. The zero-order valence-electron chi connectivity index (χ0n) is 15.0. The normalized spacial score (nSPS) is 12.3. The summed E-state index contributed by atoms with van der Waals surface area (Å²) in [6, 6.07) is 6.37. The third kappa shape index (κ3) is 7.51. The first kappa shape index (κ1) is 24.0. The molecular formula is C16H12F6N2O6S. The molecule has 2 aromatic rings. The molecule has 0 aliphatic carbocycles. The molecule has 0 radical (unpaired) electrons. The molecule has 1 N–H and O–H groups in total. The van der Waals surface area contributed by atoms with Crippen LogP contribution < -0.4 is 14.2 Å². The van der Waals surface area contributed by atoms with Gasteiger partial charge in [0.05, 0.1) is 10.6 Å². The number of hydrogen-bond donors (Lipinski definition) is 1. The van der Waals surface area contributed by atoms with Crippen LogP contribution in [0.4, 0.5) is 37.7 Å². The van der Waals surface area contributed by atoms with E-state index in [1.165, 1.54) is 12.1 Å². The smallest absolute Gasteiger partial charge is 0.422 e. The summed E-state index contributed by atoms with van der Waals surface area (Å²) in [7, 11) is -4.66. The van der Waals surface area contributed by atoms with E-state index >= 15 is 0 Å². The van der Waals surface area contributed by atoms with Crippen LogP contribution in [0.15, 0.2) is 47.4 Å². The van der Waals surface area contributed by atoms with Crippen LogP contribution in [0.2, 0.25) is 0 Å². The SMILES string of the molecule is O=[N+]([O-])c1ccccc1S(=O)(=O)Nc1cc(OCC(F)(F)F)cc(OCC(F)(F)F)c1. The minimum Gasteiger partial charge on any atom is -0.484 e. The van der Waals surface area contributed by atoms with Gasteiger partial charge in [-0.2, -0.15) is 26.3 Å². The van der Waals surface area contributed by atoms with E-state index in [2.05, 4.69) is 9.47 Å². The predicted octanol–water partition coefficient (Wildman–Crippen LogP) is 4.28. The minimum absolute atomic E-state index is 0.546. The number of anilines is 1. The average molecular weight is 474 g/mol. The number of hydrogen-bond acceptors (Lipinski definition) is 6. The van der Waals surface area contributed by atoms with E-state index in [1.807, 2.05) is 4.72 Å².